The average molecular weight is 290 g/mol. The Morgan fingerprint density at radius 1 is 1.25 bits per heavy atom. The first kappa shape index (κ1) is 14.5. The zero-order valence-corrected chi connectivity index (χ0v) is 12.0. The van der Waals surface area contributed by atoms with E-state index in [4.69, 9.17) is 11.6 Å². The molecule has 104 valence electrons. The molecule has 1 aromatic carbocycles. The molecule has 2 rings (SSSR count). The Hall–Kier alpha value is -1.87. The van der Waals surface area contributed by atoms with Crippen LogP contribution in [0.25, 0.3) is 0 Å². The molecule has 0 radical (unpaired) electrons. The first-order chi connectivity index (χ1) is 9.54. The Morgan fingerprint density at radius 3 is 2.60 bits per heavy atom. The normalized spacial score (nSPS) is 12.1. The highest BCUT2D eigenvalue weighted by atomic mass is 35.5. The van der Waals surface area contributed by atoms with Crippen molar-refractivity contribution in [1.82, 2.24) is 4.98 Å². The van der Waals surface area contributed by atoms with Crippen molar-refractivity contribution in [2.45, 2.75) is 19.8 Å². The minimum atomic E-state index is -0.790. The van der Waals surface area contributed by atoms with Gasteiger partial charge in [0.1, 0.15) is 5.15 Å². The summed E-state index contributed by atoms with van der Waals surface area (Å²) >= 11 is 5.73. The summed E-state index contributed by atoms with van der Waals surface area (Å²) in [5.74, 6) is -1.25. The molecule has 0 aliphatic carbocycles. The maximum absolute atomic E-state index is 11.4. The lowest BCUT2D eigenvalue weighted by Crippen LogP contribution is -2.19. The number of aromatic nitrogens is 1. The number of hydrogen-bond acceptors (Lipinski definition) is 2. The van der Waals surface area contributed by atoms with Gasteiger partial charge in [0, 0.05) is 6.20 Å². The maximum Gasteiger partial charge on any atom is 0.307 e. The molecule has 3 nitrogen and oxygen atoms in total. The summed E-state index contributed by atoms with van der Waals surface area (Å²) < 4.78 is 0. The molecule has 1 atom stereocenters. The fourth-order valence-electron chi connectivity index (χ4n) is 2.18. The third kappa shape index (κ3) is 4.07. The van der Waals surface area contributed by atoms with Crippen molar-refractivity contribution in [3.05, 3.63) is 64.4 Å². The van der Waals surface area contributed by atoms with E-state index in [-0.39, 0.29) is 0 Å². The third-order valence-corrected chi connectivity index (χ3v) is 3.41. The number of nitrogens with zero attached hydrogens (tertiary/aromatic N) is 1. The van der Waals surface area contributed by atoms with E-state index in [0.717, 1.165) is 16.7 Å². The van der Waals surface area contributed by atoms with Crippen LogP contribution in [0.4, 0.5) is 0 Å². The van der Waals surface area contributed by atoms with Crippen LogP contribution in [0.1, 0.15) is 16.7 Å². The lowest BCUT2D eigenvalue weighted by molar-refractivity contribution is -0.141. The quantitative estimate of drug-likeness (QED) is 0.857. The number of benzene rings is 1. The van der Waals surface area contributed by atoms with Gasteiger partial charge in [-0.2, -0.15) is 0 Å². The number of carbonyl (C=O) groups is 1. The summed E-state index contributed by atoms with van der Waals surface area (Å²) in [6.07, 6.45) is 2.60. The van der Waals surface area contributed by atoms with Crippen LogP contribution in [-0.4, -0.2) is 16.1 Å². The highest BCUT2D eigenvalue weighted by molar-refractivity contribution is 6.29. The average Bonchev–Trinajstić information content (AvgIpc) is 2.40. The Bertz CT molecular complexity index is 596. The van der Waals surface area contributed by atoms with Crippen molar-refractivity contribution in [3.8, 4) is 0 Å². The van der Waals surface area contributed by atoms with Crippen LogP contribution in [0, 0.1) is 12.8 Å². The number of rotatable bonds is 5. The largest absolute Gasteiger partial charge is 0.481 e. The summed E-state index contributed by atoms with van der Waals surface area (Å²) in [5.41, 5.74) is 3.06. The second kappa shape index (κ2) is 6.53. The number of halogens is 1. The molecule has 1 aromatic heterocycles. The molecule has 0 fully saturated rings. The van der Waals surface area contributed by atoms with Crippen LogP contribution in [-0.2, 0) is 17.6 Å². The van der Waals surface area contributed by atoms with Crippen molar-refractivity contribution < 1.29 is 9.90 Å². The van der Waals surface area contributed by atoms with Crippen LogP contribution in [0.3, 0.4) is 0 Å². The number of aryl methyl sites for hydroxylation is 1. The molecule has 4 heteroatoms. The van der Waals surface area contributed by atoms with E-state index in [1.165, 1.54) is 0 Å². The molecule has 0 bridgehead atoms. The Kier molecular flexibility index (Phi) is 4.74. The highest BCUT2D eigenvalue weighted by Crippen LogP contribution is 2.17. The molecule has 0 saturated carbocycles. The molecule has 2 aromatic rings. The predicted octanol–water partition coefficient (Wildman–Crippen LogP) is 3.53. The Balaban J connectivity index is 2.11. The minimum Gasteiger partial charge on any atom is -0.481 e. The Labute approximate surface area is 123 Å². The first-order valence-electron chi connectivity index (χ1n) is 6.43. The molecule has 1 heterocycles. The van der Waals surface area contributed by atoms with Gasteiger partial charge in [-0.1, -0.05) is 47.5 Å². The van der Waals surface area contributed by atoms with Gasteiger partial charge in [-0.3, -0.25) is 4.79 Å². The van der Waals surface area contributed by atoms with E-state index in [1.807, 2.05) is 37.3 Å². The fraction of sp³-hybridized carbons (Fsp3) is 0.250. The van der Waals surface area contributed by atoms with Gasteiger partial charge in [-0.15, -0.1) is 0 Å². The summed E-state index contributed by atoms with van der Waals surface area (Å²) in [6.45, 7) is 2.00. The van der Waals surface area contributed by atoms with Crippen LogP contribution in [0.15, 0.2) is 42.6 Å². The summed E-state index contributed by atoms with van der Waals surface area (Å²) in [5, 5.41) is 9.79. The van der Waals surface area contributed by atoms with Gasteiger partial charge >= 0.3 is 5.97 Å². The molecule has 0 aliphatic rings. The van der Waals surface area contributed by atoms with E-state index < -0.39 is 11.9 Å². The fourth-order valence-corrected chi connectivity index (χ4v) is 2.29. The maximum atomic E-state index is 11.4. The minimum absolute atomic E-state index is 0.416. The van der Waals surface area contributed by atoms with Gasteiger partial charge in [0.15, 0.2) is 0 Å². The van der Waals surface area contributed by atoms with Crippen molar-refractivity contribution >= 4 is 17.6 Å². The molecule has 1 N–H and O–H groups in total. The summed E-state index contributed by atoms with van der Waals surface area (Å²) in [4.78, 5) is 15.4. The monoisotopic (exact) mass is 289 g/mol. The molecule has 0 spiro atoms. The van der Waals surface area contributed by atoms with Gasteiger partial charge in [-0.05, 0) is 37.0 Å². The van der Waals surface area contributed by atoms with Gasteiger partial charge in [-0.25, -0.2) is 4.98 Å². The lowest BCUT2D eigenvalue weighted by atomic mass is 9.93. The van der Waals surface area contributed by atoms with Crippen LogP contribution < -0.4 is 0 Å². The zero-order chi connectivity index (χ0) is 14.5. The van der Waals surface area contributed by atoms with E-state index in [1.54, 1.807) is 12.3 Å². The van der Waals surface area contributed by atoms with Crippen molar-refractivity contribution in [3.63, 3.8) is 0 Å². The SMILES string of the molecule is Cc1cccc(CC(Cc2ccc(Cl)nc2)C(=O)O)c1. The van der Waals surface area contributed by atoms with Crippen molar-refractivity contribution in [1.29, 1.82) is 0 Å². The molecule has 1 unspecified atom stereocenters. The first-order valence-corrected chi connectivity index (χ1v) is 6.81. The van der Waals surface area contributed by atoms with Crippen LogP contribution >= 0.6 is 11.6 Å². The lowest BCUT2D eigenvalue weighted by Gasteiger charge is -2.13. The molecular formula is C16H16ClNO2. The zero-order valence-electron chi connectivity index (χ0n) is 11.2. The van der Waals surface area contributed by atoms with Crippen molar-refractivity contribution in [2.24, 2.45) is 5.92 Å². The summed E-state index contributed by atoms with van der Waals surface area (Å²) in [6, 6.07) is 11.4. The van der Waals surface area contributed by atoms with Crippen LogP contribution in [0.2, 0.25) is 5.15 Å². The third-order valence-electron chi connectivity index (χ3n) is 3.18. The molecule has 0 amide bonds. The number of aliphatic carboxylic acids is 1. The number of carboxylic acid groups (broad SMARTS) is 1. The van der Waals surface area contributed by atoms with E-state index in [0.29, 0.717) is 18.0 Å². The highest BCUT2D eigenvalue weighted by Gasteiger charge is 2.18. The summed E-state index contributed by atoms with van der Waals surface area (Å²) in [7, 11) is 0. The van der Waals surface area contributed by atoms with Crippen molar-refractivity contribution in [2.75, 3.05) is 0 Å². The molecule has 20 heavy (non-hydrogen) atoms. The van der Waals surface area contributed by atoms with Gasteiger partial charge in [0.25, 0.3) is 0 Å². The van der Waals surface area contributed by atoms with E-state index in [9.17, 15) is 9.90 Å². The second-order valence-electron chi connectivity index (χ2n) is 4.92. The van der Waals surface area contributed by atoms with E-state index >= 15 is 0 Å². The topological polar surface area (TPSA) is 50.2 Å². The Morgan fingerprint density at radius 2 is 2.00 bits per heavy atom. The van der Waals surface area contributed by atoms with Gasteiger partial charge in [0.05, 0.1) is 5.92 Å². The standard InChI is InChI=1S/C16H16ClNO2/c1-11-3-2-4-12(7-11)8-14(16(19)20)9-13-5-6-15(17)18-10-13/h2-7,10,14H,8-9H2,1H3,(H,19,20). The van der Waals surface area contributed by atoms with Gasteiger partial charge < -0.3 is 5.11 Å². The van der Waals surface area contributed by atoms with E-state index in [2.05, 4.69) is 4.98 Å². The van der Waals surface area contributed by atoms with Gasteiger partial charge in [0.2, 0.25) is 0 Å². The smallest absolute Gasteiger partial charge is 0.307 e. The molecular weight excluding hydrogens is 274 g/mol. The number of hydrogen-bond donors (Lipinski definition) is 1. The number of carboxylic acids is 1. The second-order valence-corrected chi connectivity index (χ2v) is 5.31. The molecule has 0 aliphatic heterocycles. The predicted molar refractivity (Wildman–Crippen MR) is 79.0 cm³/mol. The molecule has 0 saturated heterocycles. The van der Waals surface area contributed by atoms with Crippen LogP contribution in [0.5, 0.6) is 0 Å². The number of pyridine rings is 1.